The van der Waals surface area contributed by atoms with E-state index >= 15 is 0 Å². The Morgan fingerprint density at radius 2 is 2.25 bits per heavy atom. The zero-order valence-electron chi connectivity index (χ0n) is 9.22. The second-order valence-corrected chi connectivity index (χ2v) is 5.17. The molecule has 2 nitrogen and oxygen atoms in total. The number of ether oxygens (including phenoxy) is 1. The van der Waals surface area contributed by atoms with E-state index in [1.165, 1.54) is 6.07 Å². The number of nitrogens with one attached hydrogen (secondary N) is 1. The van der Waals surface area contributed by atoms with Crippen LogP contribution >= 0.6 is 15.9 Å². The first kappa shape index (κ1) is 12.0. The Kier molecular flexibility index (Phi) is 3.62. The molecule has 1 fully saturated rings. The van der Waals surface area contributed by atoms with Gasteiger partial charge in [-0.05, 0) is 43.8 Å². The molecule has 1 N–H and O–H groups in total. The SMILES string of the molecule is CNCCC1(c2cc(Br)ccc2F)COC1. The molecule has 16 heavy (non-hydrogen) atoms. The average Bonchev–Trinajstić information content (AvgIpc) is 2.21. The number of halogens is 2. The Bertz CT molecular complexity index is 379. The van der Waals surface area contributed by atoms with Gasteiger partial charge < -0.3 is 10.1 Å². The summed E-state index contributed by atoms with van der Waals surface area (Å²) in [4.78, 5) is 0. The maximum absolute atomic E-state index is 13.8. The van der Waals surface area contributed by atoms with E-state index in [0.29, 0.717) is 13.2 Å². The Balaban J connectivity index is 2.28. The van der Waals surface area contributed by atoms with E-state index in [-0.39, 0.29) is 11.2 Å². The molecule has 1 saturated heterocycles. The summed E-state index contributed by atoms with van der Waals surface area (Å²) in [7, 11) is 1.91. The van der Waals surface area contributed by atoms with Crippen LogP contribution in [0.3, 0.4) is 0 Å². The minimum absolute atomic E-state index is 0.136. The molecule has 1 heterocycles. The lowest BCUT2D eigenvalue weighted by molar-refractivity contribution is -0.0654. The lowest BCUT2D eigenvalue weighted by Gasteiger charge is -2.42. The van der Waals surface area contributed by atoms with E-state index in [1.807, 2.05) is 13.1 Å². The van der Waals surface area contributed by atoms with Crippen LogP contribution in [0.1, 0.15) is 12.0 Å². The van der Waals surface area contributed by atoms with Gasteiger partial charge >= 0.3 is 0 Å². The molecular formula is C12H15BrFNO. The molecule has 1 aliphatic rings. The topological polar surface area (TPSA) is 21.3 Å². The Labute approximate surface area is 103 Å². The van der Waals surface area contributed by atoms with Crippen molar-refractivity contribution in [3.8, 4) is 0 Å². The molecule has 1 aromatic rings. The van der Waals surface area contributed by atoms with Gasteiger partial charge in [-0.3, -0.25) is 0 Å². The fraction of sp³-hybridized carbons (Fsp3) is 0.500. The van der Waals surface area contributed by atoms with Crippen LogP contribution in [0.4, 0.5) is 4.39 Å². The van der Waals surface area contributed by atoms with Crippen LogP contribution in [0.2, 0.25) is 0 Å². The third kappa shape index (κ3) is 2.14. The van der Waals surface area contributed by atoms with Crippen molar-refractivity contribution in [3.05, 3.63) is 34.1 Å². The lowest BCUT2D eigenvalue weighted by atomic mass is 9.75. The fourth-order valence-corrected chi connectivity index (χ4v) is 2.41. The van der Waals surface area contributed by atoms with Gasteiger partial charge in [0.2, 0.25) is 0 Å². The highest BCUT2D eigenvalue weighted by Crippen LogP contribution is 2.38. The summed E-state index contributed by atoms with van der Waals surface area (Å²) in [6.45, 7) is 2.10. The number of rotatable bonds is 4. The third-order valence-electron chi connectivity index (χ3n) is 3.11. The van der Waals surface area contributed by atoms with Gasteiger partial charge in [-0.1, -0.05) is 15.9 Å². The summed E-state index contributed by atoms with van der Waals surface area (Å²) in [5.74, 6) is -0.136. The maximum atomic E-state index is 13.8. The largest absolute Gasteiger partial charge is 0.379 e. The average molecular weight is 288 g/mol. The quantitative estimate of drug-likeness (QED) is 0.919. The number of hydrogen-bond donors (Lipinski definition) is 1. The first-order valence-electron chi connectivity index (χ1n) is 5.36. The van der Waals surface area contributed by atoms with Gasteiger partial charge in [0.1, 0.15) is 5.82 Å². The van der Waals surface area contributed by atoms with E-state index in [4.69, 9.17) is 4.74 Å². The molecule has 1 aliphatic heterocycles. The van der Waals surface area contributed by atoms with Gasteiger partial charge in [0.25, 0.3) is 0 Å². The second kappa shape index (κ2) is 4.82. The Morgan fingerprint density at radius 1 is 1.50 bits per heavy atom. The summed E-state index contributed by atoms with van der Waals surface area (Å²) >= 11 is 3.39. The molecule has 0 bridgehead atoms. The van der Waals surface area contributed by atoms with Crippen molar-refractivity contribution < 1.29 is 9.13 Å². The third-order valence-corrected chi connectivity index (χ3v) is 3.60. The van der Waals surface area contributed by atoms with Crippen LogP contribution in [-0.4, -0.2) is 26.8 Å². The number of benzene rings is 1. The van der Waals surface area contributed by atoms with Gasteiger partial charge in [0.15, 0.2) is 0 Å². The first-order valence-corrected chi connectivity index (χ1v) is 6.15. The van der Waals surface area contributed by atoms with Crippen LogP contribution in [0, 0.1) is 5.82 Å². The normalized spacial score (nSPS) is 18.2. The van der Waals surface area contributed by atoms with E-state index in [9.17, 15) is 4.39 Å². The number of hydrogen-bond acceptors (Lipinski definition) is 2. The van der Waals surface area contributed by atoms with E-state index < -0.39 is 0 Å². The van der Waals surface area contributed by atoms with Gasteiger partial charge in [-0.15, -0.1) is 0 Å². The molecule has 2 rings (SSSR count). The first-order chi connectivity index (χ1) is 7.68. The molecule has 0 saturated carbocycles. The monoisotopic (exact) mass is 287 g/mol. The predicted molar refractivity (Wildman–Crippen MR) is 65.1 cm³/mol. The van der Waals surface area contributed by atoms with E-state index in [1.54, 1.807) is 6.07 Å². The van der Waals surface area contributed by atoms with Crippen LogP contribution in [0.5, 0.6) is 0 Å². The molecule has 0 spiro atoms. The highest BCUT2D eigenvalue weighted by atomic mass is 79.9. The predicted octanol–water partition coefficient (Wildman–Crippen LogP) is 2.47. The molecule has 0 aromatic heterocycles. The van der Waals surface area contributed by atoms with Crippen LogP contribution in [0.15, 0.2) is 22.7 Å². The standard InChI is InChI=1S/C12H15BrFNO/c1-15-5-4-12(7-16-8-12)10-6-9(13)2-3-11(10)14/h2-3,6,15H,4-5,7-8H2,1H3. The highest BCUT2D eigenvalue weighted by molar-refractivity contribution is 9.10. The summed E-state index contributed by atoms with van der Waals surface area (Å²) in [5, 5.41) is 3.11. The van der Waals surface area contributed by atoms with Gasteiger partial charge in [-0.2, -0.15) is 0 Å². The molecule has 88 valence electrons. The van der Waals surface area contributed by atoms with Crippen LogP contribution < -0.4 is 5.32 Å². The van der Waals surface area contributed by atoms with Gasteiger partial charge in [0, 0.05) is 9.89 Å². The van der Waals surface area contributed by atoms with Crippen molar-refractivity contribution in [2.45, 2.75) is 11.8 Å². The Hall–Kier alpha value is -0.450. The van der Waals surface area contributed by atoms with Crippen molar-refractivity contribution in [2.24, 2.45) is 0 Å². The van der Waals surface area contributed by atoms with Crippen molar-refractivity contribution >= 4 is 15.9 Å². The summed E-state index contributed by atoms with van der Waals surface area (Å²) < 4.78 is 20.0. The maximum Gasteiger partial charge on any atom is 0.127 e. The fourth-order valence-electron chi connectivity index (χ4n) is 2.05. The van der Waals surface area contributed by atoms with Gasteiger partial charge in [-0.25, -0.2) is 4.39 Å². The highest BCUT2D eigenvalue weighted by Gasteiger charge is 2.41. The molecule has 4 heteroatoms. The summed E-state index contributed by atoms with van der Waals surface area (Å²) in [5.41, 5.74) is 0.625. The molecule has 0 aliphatic carbocycles. The lowest BCUT2D eigenvalue weighted by Crippen LogP contribution is -2.48. The van der Waals surface area contributed by atoms with Gasteiger partial charge in [0.05, 0.1) is 13.2 Å². The van der Waals surface area contributed by atoms with E-state index in [0.717, 1.165) is 23.0 Å². The molecule has 1 aromatic carbocycles. The van der Waals surface area contributed by atoms with Crippen molar-refractivity contribution in [2.75, 3.05) is 26.8 Å². The molecular weight excluding hydrogens is 273 g/mol. The van der Waals surface area contributed by atoms with Crippen LogP contribution in [0.25, 0.3) is 0 Å². The Morgan fingerprint density at radius 3 is 2.81 bits per heavy atom. The summed E-state index contributed by atoms with van der Waals surface area (Å²) in [6, 6.07) is 5.11. The van der Waals surface area contributed by atoms with Crippen molar-refractivity contribution in [1.82, 2.24) is 5.32 Å². The van der Waals surface area contributed by atoms with Crippen molar-refractivity contribution in [3.63, 3.8) is 0 Å². The summed E-state index contributed by atoms with van der Waals surface area (Å²) in [6.07, 6.45) is 0.900. The molecule has 0 atom stereocenters. The minimum Gasteiger partial charge on any atom is -0.379 e. The molecule has 0 radical (unpaired) electrons. The molecule has 0 unspecified atom stereocenters. The minimum atomic E-state index is -0.142. The zero-order chi connectivity index (χ0) is 11.6. The second-order valence-electron chi connectivity index (χ2n) is 4.25. The zero-order valence-corrected chi connectivity index (χ0v) is 10.8. The molecule has 0 amide bonds. The van der Waals surface area contributed by atoms with Crippen molar-refractivity contribution in [1.29, 1.82) is 0 Å². The van der Waals surface area contributed by atoms with E-state index in [2.05, 4.69) is 21.2 Å². The van der Waals surface area contributed by atoms with Crippen LogP contribution in [-0.2, 0) is 10.2 Å². The smallest absolute Gasteiger partial charge is 0.127 e.